The fourth-order valence-electron chi connectivity index (χ4n) is 3.52. The zero-order valence-electron chi connectivity index (χ0n) is 15.6. The smallest absolute Gasteiger partial charge is 0.231 e. The van der Waals surface area contributed by atoms with Crippen LogP contribution in [0.3, 0.4) is 0 Å². The molecule has 0 radical (unpaired) electrons. The molecule has 1 N–H and O–H groups in total. The molecule has 0 fully saturated rings. The zero-order valence-corrected chi connectivity index (χ0v) is 15.6. The van der Waals surface area contributed by atoms with Crippen molar-refractivity contribution in [2.75, 3.05) is 6.79 Å². The molecule has 3 aromatic carbocycles. The maximum absolute atomic E-state index is 5.49. The molecule has 4 rings (SSSR count). The molecule has 3 heteroatoms. The average Bonchev–Trinajstić information content (AvgIpc) is 3.20. The fourth-order valence-corrected chi connectivity index (χ4v) is 3.52. The van der Waals surface area contributed by atoms with Gasteiger partial charge >= 0.3 is 0 Å². The number of rotatable bonds is 7. The van der Waals surface area contributed by atoms with E-state index in [0.717, 1.165) is 24.3 Å². The van der Waals surface area contributed by atoms with E-state index >= 15 is 0 Å². The molecule has 0 bridgehead atoms. The van der Waals surface area contributed by atoms with Gasteiger partial charge in [-0.1, -0.05) is 66.7 Å². The van der Waals surface area contributed by atoms with Gasteiger partial charge in [0.2, 0.25) is 6.79 Å². The summed E-state index contributed by atoms with van der Waals surface area (Å²) in [6.45, 7) is 2.58. The molecular weight excluding hydrogens is 334 g/mol. The lowest BCUT2D eigenvalue weighted by atomic mass is 9.97. The largest absolute Gasteiger partial charge is 0.454 e. The van der Waals surface area contributed by atoms with Crippen molar-refractivity contribution in [1.82, 2.24) is 5.32 Å². The molecule has 0 saturated heterocycles. The Morgan fingerprint density at radius 1 is 0.815 bits per heavy atom. The maximum Gasteiger partial charge on any atom is 0.231 e. The monoisotopic (exact) mass is 359 g/mol. The Morgan fingerprint density at radius 3 is 2.11 bits per heavy atom. The highest BCUT2D eigenvalue weighted by Crippen LogP contribution is 2.33. The summed E-state index contributed by atoms with van der Waals surface area (Å²) in [6, 6.07) is 28.1. The molecule has 0 aliphatic carbocycles. The maximum atomic E-state index is 5.49. The Labute approximate surface area is 161 Å². The minimum atomic E-state index is 0.194. The van der Waals surface area contributed by atoms with Gasteiger partial charge in [-0.2, -0.15) is 0 Å². The summed E-state index contributed by atoms with van der Waals surface area (Å²) < 4.78 is 10.9. The van der Waals surface area contributed by atoms with E-state index in [4.69, 9.17) is 9.47 Å². The van der Waals surface area contributed by atoms with Gasteiger partial charge in [0.15, 0.2) is 11.5 Å². The van der Waals surface area contributed by atoms with Crippen molar-refractivity contribution in [3.8, 4) is 11.5 Å². The highest BCUT2D eigenvalue weighted by atomic mass is 16.7. The number of ether oxygens (including phenoxy) is 2. The van der Waals surface area contributed by atoms with Crippen molar-refractivity contribution < 1.29 is 9.47 Å². The molecule has 3 nitrogen and oxygen atoms in total. The molecular formula is C24H25NO2. The first-order valence-corrected chi connectivity index (χ1v) is 9.54. The molecule has 1 aliphatic rings. The van der Waals surface area contributed by atoms with E-state index in [2.05, 4.69) is 85.0 Å². The Balaban J connectivity index is 1.43. The highest BCUT2D eigenvalue weighted by Gasteiger charge is 2.17. The molecule has 1 atom stereocenters. The first-order chi connectivity index (χ1) is 13.3. The predicted molar refractivity (Wildman–Crippen MR) is 108 cm³/mol. The standard InChI is InChI=1S/C24H25NO2/c1-18(12-13-19-14-15-22-23(16-19)27-17-26-22)25-24(20-8-4-2-5-9-20)21-10-6-3-7-11-21/h2-11,14-16,18,24-25H,12-13,17H2,1H3. The van der Waals surface area contributed by atoms with Crippen molar-refractivity contribution >= 4 is 0 Å². The normalized spacial score (nSPS) is 13.7. The van der Waals surface area contributed by atoms with Gasteiger partial charge in [-0.3, -0.25) is 0 Å². The van der Waals surface area contributed by atoms with E-state index in [0.29, 0.717) is 12.8 Å². The molecule has 138 valence electrons. The van der Waals surface area contributed by atoms with Crippen LogP contribution in [-0.4, -0.2) is 12.8 Å². The first-order valence-electron chi connectivity index (χ1n) is 9.54. The highest BCUT2D eigenvalue weighted by molar-refractivity contribution is 5.44. The van der Waals surface area contributed by atoms with Gasteiger partial charge in [-0.05, 0) is 48.6 Å². The summed E-state index contributed by atoms with van der Waals surface area (Å²) in [5.41, 5.74) is 3.86. The van der Waals surface area contributed by atoms with Gasteiger partial charge in [-0.15, -0.1) is 0 Å². The second kappa shape index (κ2) is 8.28. The molecule has 0 amide bonds. The minimum absolute atomic E-state index is 0.194. The van der Waals surface area contributed by atoms with Crippen molar-refractivity contribution in [3.05, 3.63) is 95.6 Å². The minimum Gasteiger partial charge on any atom is -0.454 e. The Hall–Kier alpha value is -2.78. The van der Waals surface area contributed by atoms with Crippen LogP contribution in [0.5, 0.6) is 11.5 Å². The van der Waals surface area contributed by atoms with Gasteiger partial charge in [0.25, 0.3) is 0 Å². The van der Waals surface area contributed by atoms with E-state index in [1.807, 2.05) is 6.07 Å². The second-order valence-corrected chi connectivity index (χ2v) is 7.05. The van der Waals surface area contributed by atoms with Crippen LogP contribution in [-0.2, 0) is 6.42 Å². The van der Waals surface area contributed by atoms with E-state index in [1.165, 1.54) is 16.7 Å². The van der Waals surface area contributed by atoms with Gasteiger partial charge < -0.3 is 14.8 Å². The van der Waals surface area contributed by atoms with E-state index in [9.17, 15) is 0 Å². The average molecular weight is 359 g/mol. The van der Waals surface area contributed by atoms with Crippen LogP contribution in [0, 0.1) is 0 Å². The van der Waals surface area contributed by atoms with E-state index in [-0.39, 0.29) is 6.04 Å². The zero-order chi connectivity index (χ0) is 18.5. The number of hydrogen-bond acceptors (Lipinski definition) is 3. The Kier molecular flexibility index (Phi) is 5.40. The SMILES string of the molecule is CC(CCc1ccc2c(c1)OCO2)NC(c1ccccc1)c1ccccc1. The van der Waals surface area contributed by atoms with Gasteiger partial charge in [-0.25, -0.2) is 0 Å². The summed E-state index contributed by atoms with van der Waals surface area (Å²) in [5.74, 6) is 1.71. The van der Waals surface area contributed by atoms with Gasteiger partial charge in [0.05, 0.1) is 6.04 Å². The van der Waals surface area contributed by atoms with Crippen LogP contribution in [0.4, 0.5) is 0 Å². The summed E-state index contributed by atoms with van der Waals surface area (Å²) in [6.07, 6.45) is 2.05. The summed E-state index contributed by atoms with van der Waals surface area (Å²) in [4.78, 5) is 0. The molecule has 1 unspecified atom stereocenters. The first kappa shape index (κ1) is 17.6. The van der Waals surface area contributed by atoms with E-state index in [1.54, 1.807) is 0 Å². The van der Waals surface area contributed by atoms with Crippen molar-refractivity contribution in [2.24, 2.45) is 0 Å². The van der Waals surface area contributed by atoms with Gasteiger partial charge in [0.1, 0.15) is 0 Å². The molecule has 0 spiro atoms. The second-order valence-electron chi connectivity index (χ2n) is 7.05. The molecule has 0 saturated carbocycles. The van der Waals surface area contributed by atoms with Crippen LogP contribution in [0.15, 0.2) is 78.9 Å². The van der Waals surface area contributed by atoms with E-state index < -0.39 is 0 Å². The van der Waals surface area contributed by atoms with Crippen LogP contribution >= 0.6 is 0 Å². The third-order valence-electron chi connectivity index (χ3n) is 5.02. The quantitative estimate of drug-likeness (QED) is 0.635. The Bertz CT molecular complexity index is 825. The van der Waals surface area contributed by atoms with Crippen molar-refractivity contribution in [1.29, 1.82) is 0 Å². The number of nitrogens with one attached hydrogen (secondary N) is 1. The van der Waals surface area contributed by atoms with Gasteiger partial charge in [0, 0.05) is 6.04 Å². The predicted octanol–water partition coefficient (Wildman–Crippen LogP) is 5.12. The fraction of sp³-hybridized carbons (Fsp3) is 0.250. The molecule has 3 aromatic rings. The third kappa shape index (κ3) is 4.32. The lowest BCUT2D eigenvalue weighted by Crippen LogP contribution is -2.31. The number of benzene rings is 3. The lowest BCUT2D eigenvalue weighted by Gasteiger charge is -2.24. The molecule has 0 aromatic heterocycles. The van der Waals surface area contributed by atoms with Crippen LogP contribution in [0.2, 0.25) is 0 Å². The number of aryl methyl sites for hydroxylation is 1. The molecule has 1 heterocycles. The number of fused-ring (bicyclic) bond motifs is 1. The topological polar surface area (TPSA) is 30.5 Å². The lowest BCUT2D eigenvalue weighted by molar-refractivity contribution is 0.174. The van der Waals surface area contributed by atoms with Crippen LogP contribution in [0.25, 0.3) is 0 Å². The van der Waals surface area contributed by atoms with Crippen molar-refractivity contribution in [2.45, 2.75) is 31.8 Å². The number of hydrogen-bond donors (Lipinski definition) is 1. The van der Waals surface area contributed by atoms with Crippen molar-refractivity contribution in [3.63, 3.8) is 0 Å². The summed E-state index contributed by atoms with van der Waals surface area (Å²) in [5, 5.41) is 3.82. The third-order valence-corrected chi connectivity index (χ3v) is 5.02. The van der Waals surface area contributed by atoms with Crippen LogP contribution in [0.1, 0.15) is 36.1 Å². The van der Waals surface area contributed by atoms with Crippen LogP contribution < -0.4 is 14.8 Å². The Morgan fingerprint density at radius 2 is 1.44 bits per heavy atom. The molecule has 27 heavy (non-hydrogen) atoms. The summed E-state index contributed by atoms with van der Waals surface area (Å²) >= 11 is 0. The summed E-state index contributed by atoms with van der Waals surface area (Å²) in [7, 11) is 0. The molecule has 1 aliphatic heterocycles.